The van der Waals surface area contributed by atoms with Crippen LogP contribution >= 0.6 is 0 Å². The fourth-order valence-corrected chi connectivity index (χ4v) is 7.12. The highest BCUT2D eigenvalue weighted by atomic mass is 19.1. The molecule has 0 radical (unpaired) electrons. The van der Waals surface area contributed by atoms with Gasteiger partial charge in [-0.15, -0.1) is 0 Å². The number of aryl methyl sites for hydroxylation is 4. The molecule has 0 saturated carbocycles. The fraction of sp³-hybridized carbons (Fsp3) is 0.270. The first-order chi connectivity index (χ1) is 23.2. The van der Waals surface area contributed by atoms with Crippen molar-refractivity contribution in [2.45, 2.75) is 58.0 Å². The van der Waals surface area contributed by atoms with Crippen LogP contribution in [0.3, 0.4) is 0 Å². The number of halogens is 1. The Hall–Kier alpha value is -5.58. The third-order valence-electron chi connectivity index (χ3n) is 9.35. The van der Waals surface area contributed by atoms with E-state index in [1.165, 1.54) is 30.3 Å². The maximum atomic E-state index is 13.8. The van der Waals surface area contributed by atoms with Crippen LogP contribution in [-0.4, -0.2) is 38.1 Å². The van der Waals surface area contributed by atoms with Gasteiger partial charge in [0.15, 0.2) is 0 Å². The van der Waals surface area contributed by atoms with Gasteiger partial charge in [0.25, 0.3) is 11.6 Å². The van der Waals surface area contributed by atoms with Gasteiger partial charge < -0.3 is 19.7 Å². The Bertz CT molecular complexity index is 2110. The van der Waals surface area contributed by atoms with E-state index in [2.05, 4.69) is 5.32 Å². The van der Waals surface area contributed by atoms with Crippen molar-refractivity contribution in [1.82, 2.24) is 14.9 Å². The Morgan fingerprint density at radius 2 is 1.90 bits per heavy atom. The number of nitrogens with one attached hydrogen (secondary N) is 1. The van der Waals surface area contributed by atoms with Crippen molar-refractivity contribution < 1.29 is 28.7 Å². The molecule has 1 aliphatic heterocycles. The lowest BCUT2D eigenvalue weighted by atomic mass is 9.91. The Morgan fingerprint density at radius 1 is 1.10 bits per heavy atom. The average Bonchev–Trinajstić information content (AvgIpc) is 3.80. The molecule has 3 heterocycles. The zero-order valence-electron chi connectivity index (χ0n) is 26.3. The maximum absolute atomic E-state index is 13.8. The molecule has 5 aromatic rings. The van der Waals surface area contributed by atoms with Gasteiger partial charge in [0, 0.05) is 29.4 Å². The van der Waals surface area contributed by atoms with Crippen LogP contribution in [0.2, 0.25) is 0 Å². The van der Waals surface area contributed by atoms with Gasteiger partial charge in [-0.25, -0.2) is 14.2 Å². The molecule has 1 aliphatic carbocycles. The molecule has 7 rings (SSSR count). The van der Waals surface area contributed by atoms with E-state index in [1.54, 1.807) is 23.6 Å². The number of rotatable bonds is 9. The van der Waals surface area contributed by atoms with Crippen molar-refractivity contribution >= 4 is 28.5 Å². The van der Waals surface area contributed by atoms with E-state index < -0.39 is 22.5 Å². The lowest BCUT2D eigenvalue weighted by Crippen LogP contribution is -2.27. The predicted octanol–water partition coefficient (Wildman–Crippen LogP) is 6.78. The highest BCUT2D eigenvalue weighted by Crippen LogP contribution is 2.46. The molecular formula is C37H33FN4O6. The first kappa shape index (κ1) is 31.0. The number of esters is 1. The van der Waals surface area contributed by atoms with Crippen molar-refractivity contribution in [3.05, 3.63) is 122 Å². The number of fused-ring (bicyclic) bond motifs is 4. The number of carbonyl (C=O) groups excluding carboxylic acids is 2. The van der Waals surface area contributed by atoms with Crippen LogP contribution in [0, 0.1) is 15.9 Å². The molecule has 1 atom stereocenters. The predicted molar refractivity (Wildman–Crippen MR) is 177 cm³/mol. The fourth-order valence-electron chi connectivity index (χ4n) is 7.12. The molecule has 0 saturated heterocycles. The number of nitro benzene ring substituents is 1. The second kappa shape index (κ2) is 12.6. The average molecular weight is 649 g/mol. The number of aromatic hydroxyl groups is 1. The minimum absolute atomic E-state index is 0.00824. The summed E-state index contributed by atoms with van der Waals surface area (Å²) >= 11 is 0. The van der Waals surface area contributed by atoms with E-state index in [4.69, 9.17) is 9.72 Å². The molecule has 0 spiro atoms. The number of nitrogens with zero attached hydrogens (tertiary/aromatic N) is 3. The summed E-state index contributed by atoms with van der Waals surface area (Å²) in [5, 5.41) is 27.5. The van der Waals surface area contributed by atoms with E-state index >= 15 is 0 Å². The van der Waals surface area contributed by atoms with Gasteiger partial charge in [0.2, 0.25) is 5.88 Å². The van der Waals surface area contributed by atoms with Crippen LogP contribution in [0.1, 0.15) is 74.6 Å². The summed E-state index contributed by atoms with van der Waals surface area (Å²) in [5.41, 5.74) is 4.47. The molecule has 10 nitrogen and oxygen atoms in total. The zero-order chi connectivity index (χ0) is 33.5. The van der Waals surface area contributed by atoms with Crippen LogP contribution in [0.5, 0.6) is 5.88 Å². The quantitative estimate of drug-likeness (QED) is 0.102. The van der Waals surface area contributed by atoms with Gasteiger partial charge in [-0.1, -0.05) is 36.4 Å². The number of hydrogen-bond donors (Lipinski definition) is 2. The van der Waals surface area contributed by atoms with E-state index in [-0.39, 0.29) is 58.4 Å². The van der Waals surface area contributed by atoms with Crippen molar-refractivity contribution in [3.63, 3.8) is 0 Å². The van der Waals surface area contributed by atoms with E-state index in [9.17, 15) is 29.2 Å². The normalized spacial score (nSPS) is 14.9. The third-order valence-corrected chi connectivity index (χ3v) is 9.35. The van der Waals surface area contributed by atoms with Crippen molar-refractivity contribution in [1.29, 1.82) is 0 Å². The number of nitro groups is 1. The summed E-state index contributed by atoms with van der Waals surface area (Å²) in [6, 6.07) is 17.8. The molecule has 2 N–H and O–H groups in total. The van der Waals surface area contributed by atoms with Gasteiger partial charge in [-0.3, -0.25) is 14.9 Å². The standard InChI is InChI=1S/C37H33FN4O6/c1-2-48-37(45)32-28(17-11-21-9-14-24(38)15-10-21)39-34-29-8-5-19-41(29)36(44)33(34)31(32)26-16-12-23(20-30(26)42(46)47)35(43)40-27-18-13-22-6-3-4-7-25(22)27/h3-4,6-7,9-10,12,14-16,20,27,44H,2,5,8,11,13,17-19H2,1H3,(H,40,43)/t27-/m1/s1. The van der Waals surface area contributed by atoms with Gasteiger partial charge in [-0.05, 0) is 86.4 Å². The van der Waals surface area contributed by atoms with Crippen molar-refractivity contribution in [2.24, 2.45) is 0 Å². The molecule has 1 amide bonds. The topological polar surface area (TPSA) is 137 Å². The number of pyridine rings is 1. The van der Waals surface area contributed by atoms with Gasteiger partial charge in [0.1, 0.15) is 5.82 Å². The summed E-state index contributed by atoms with van der Waals surface area (Å²) < 4.78 is 20.8. The van der Waals surface area contributed by atoms with Gasteiger partial charge >= 0.3 is 5.97 Å². The van der Waals surface area contributed by atoms with Crippen molar-refractivity contribution in [2.75, 3.05) is 6.61 Å². The molecule has 0 fully saturated rings. The molecule has 244 valence electrons. The summed E-state index contributed by atoms with van der Waals surface area (Å²) in [7, 11) is 0. The molecule has 3 aromatic carbocycles. The summed E-state index contributed by atoms with van der Waals surface area (Å²) in [6.07, 6.45) is 3.61. The Labute approximate surface area is 275 Å². The number of aromatic nitrogens is 2. The monoisotopic (exact) mass is 648 g/mol. The van der Waals surface area contributed by atoms with Crippen LogP contribution in [0.15, 0.2) is 66.7 Å². The second-order valence-corrected chi connectivity index (χ2v) is 12.2. The molecular weight excluding hydrogens is 615 g/mol. The Balaban J connectivity index is 1.38. The van der Waals surface area contributed by atoms with E-state index in [0.717, 1.165) is 41.6 Å². The highest BCUT2D eigenvalue weighted by molar-refractivity contribution is 6.12. The molecule has 0 bridgehead atoms. The van der Waals surface area contributed by atoms with E-state index in [1.807, 2.05) is 24.3 Å². The second-order valence-electron chi connectivity index (χ2n) is 12.2. The minimum Gasteiger partial charge on any atom is -0.494 e. The van der Waals surface area contributed by atoms with E-state index in [0.29, 0.717) is 30.6 Å². The number of benzene rings is 3. The summed E-state index contributed by atoms with van der Waals surface area (Å²) in [5.74, 6) is -1.70. The SMILES string of the molecule is CCOC(=O)c1c(CCc2ccc(F)cc2)nc2c3n(c(O)c2c1-c1ccc(C(=O)N[C@@H]2CCc4ccccc42)cc1[N+](=O)[O-])CCC3. The van der Waals surface area contributed by atoms with Crippen LogP contribution in [-0.2, 0) is 37.0 Å². The zero-order valence-corrected chi connectivity index (χ0v) is 26.3. The van der Waals surface area contributed by atoms with Crippen molar-refractivity contribution in [3.8, 4) is 17.0 Å². The number of amides is 1. The number of carbonyl (C=O) groups is 2. The minimum atomic E-state index is -0.738. The summed E-state index contributed by atoms with van der Waals surface area (Å²) in [4.78, 5) is 44.2. The Kier molecular flexibility index (Phi) is 8.12. The van der Waals surface area contributed by atoms with Gasteiger partial charge in [-0.2, -0.15) is 0 Å². The van der Waals surface area contributed by atoms with Gasteiger partial charge in [0.05, 0.1) is 45.3 Å². The Morgan fingerprint density at radius 3 is 2.67 bits per heavy atom. The number of ether oxygens (including phenoxy) is 1. The largest absolute Gasteiger partial charge is 0.494 e. The van der Waals surface area contributed by atoms with Crippen LogP contribution in [0.4, 0.5) is 10.1 Å². The molecule has 11 heteroatoms. The first-order valence-corrected chi connectivity index (χ1v) is 16.1. The highest BCUT2D eigenvalue weighted by Gasteiger charge is 2.34. The smallest absolute Gasteiger partial charge is 0.340 e. The first-order valence-electron chi connectivity index (χ1n) is 16.1. The molecule has 2 aromatic heterocycles. The van der Waals surface area contributed by atoms with Crippen LogP contribution < -0.4 is 5.32 Å². The lowest BCUT2D eigenvalue weighted by molar-refractivity contribution is -0.384. The van der Waals surface area contributed by atoms with Crippen LogP contribution in [0.25, 0.3) is 22.0 Å². The summed E-state index contributed by atoms with van der Waals surface area (Å²) in [6.45, 7) is 2.23. The molecule has 0 unspecified atom stereocenters. The molecule has 48 heavy (non-hydrogen) atoms. The molecule has 2 aliphatic rings. The lowest BCUT2D eigenvalue weighted by Gasteiger charge is -2.17. The maximum Gasteiger partial charge on any atom is 0.340 e. The third kappa shape index (κ3) is 5.44. The number of hydrogen-bond acceptors (Lipinski definition) is 7.